The third-order valence-electron chi connectivity index (χ3n) is 3.65. The Morgan fingerprint density at radius 2 is 1.84 bits per heavy atom. The first kappa shape index (κ1) is 16.9. The summed E-state index contributed by atoms with van der Waals surface area (Å²) in [4.78, 5) is 13.4. The zero-order chi connectivity index (χ0) is 18.0. The first-order valence-corrected chi connectivity index (χ1v) is 7.34. The van der Waals surface area contributed by atoms with Gasteiger partial charge in [-0.05, 0) is 17.7 Å². The van der Waals surface area contributed by atoms with Crippen LogP contribution in [0.5, 0.6) is 0 Å². The molecule has 0 saturated heterocycles. The number of anilines is 1. The van der Waals surface area contributed by atoms with E-state index in [1.54, 1.807) is 30.3 Å². The van der Waals surface area contributed by atoms with Gasteiger partial charge in [-0.1, -0.05) is 43.0 Å². The SMILES string of the molecule is C=Cc1ccccc1-c1nc(NOC)c2cccc(C(F)(F)F)c2n1. The number of fused-ring (bicyclic) bond motifs is 1. The van der Waals surface area contributed by atoms with E-state index in [2.05, 4.69) is 22.0 Å². The van der Waals surface area contributed by atoms with Crippen LogP contribution in [0.2, 0.25) is 0 Å². The number of nitrogens with zero attached hydrogens (tertiary/aromatic N) is 2. The minimum absolute atomic E-state index is 0.152. The van der Waals surface area contributed by atoms with E-state index < -0.39 is 11.7 Å². The molecule has 1 N–H and O–H groups in total. The summed E-state index contributed by atoms with van der Waals surface area (Å²) in [6, 6.07) is 10.9. The summed E-state index contributed by atoms with van der Waals surface area (Å²) >= 11 is 0. The van der Waals surface area contributed by atoms with Crippen molar-refractivity contribution in [2.45, 2.75) is 6.18 Å². The number of para-hydroxylation sites is 1. The van der Waals surface area contributed by atoms with Crippen molar-refractivity contribution in [3.63, 3.8) is 0 Å². The first-order valence-electron chi connectivity index (χ1n) is 7.34. The molecule has 0 aliphatic rings. The smallest absolute Gasteiger partial charge is 0.278 e. The molecule has 0 spiro atoms. The average molecular weight is 345 g/mol. The summed E-state index contributed by atoms with van der Waals surface area (Å²) < 4.78 is 40.2. The highest BCUT2D eigenvalue weighted by Crippen LogP contribution is 2.36. The second kappa shape index (κ2) is 6.52. The quantitative estimate of drug-likeness (QED) is 0.681. The van der Waals surface area contributed by atoms with Gasteiger partial charge in [0.2, 0.25) is 0 Å². The van der Waals surface area contributed by atoms with Crippen LogP contribution >= 0.6 is 0 Å². The van der Waals surface area contributed by atoms with Crippen molar-refractivity contribution in [2.75, 3.05) is 12.6 Å². The molecule has 4 nitrogen and oxygen atoms in total. The Balaban J connectivity index is 2.36. The van der Waals surface area contributed by atoms with E-state index in [1.807, 2.05) is 0 Å². The highest BCUT2D eigenvalue weighted by Gasteiger charge is 2.34. The summed E-state index contributed by atoms with van der Waals surface area (Å²) in [5.41, 5.74) is 2.80. The summed E-state index contributed by atoms with van der Waals surface area (Å²) in [6.07, 6.45) is -2.94. The number of hydrogen-bond acceptors (Lipinski definition) is 4. The third-order valence-corrected chi connectivity index (χ3v) is 3.65. The molecule has 0 aliphatic heterocycles. The first-order chi connectivity index (χ1) is 12.0. The summed E-state index contributed by atoms with van der Waals surface area (Å²) in [6.45, 7) is 3.72. The predicted molar refractivity (Wildman–Crippen MR) is 90.7 cm³/mol. The fraction of sp³-hybridized carbons (Fsp3) is 0.111. The molecule has 0 radical (unpaired) electrons. The lowest BCUT2D eigenvalue weighted by Gasteiger charge is -2.14. The van der Waals surface area contributed by atoms with E-state index in [4.69, 9.17) is 4.84 Å². The second-order valence-corrected chi connectivity index (χ2v) is 5.19. The lowest BCUT2D eigenvalue weighted by atomic mass is 10.1. The van der Waals surface area contributed by atoms with Gasteiger partial charge in [0, 0.05) is 10.9 Å². The molecular formula is C18H14F3N3O. The fourth-order valence-electron chi connectivity index (χ4n) is 2.55. The second-order valence-electron chi connectivity index (χ2n) is 5.19. The molecule has 1 heterocycles. The number of halogens is 3. The van der Waals surface area contributed by atoms with Crippen LogP contribution < -0.4 is 5.48 Å². The molecule has 0 fully saturated rings. The summed E-state index contributed by atoms with van der Waals surface area (Å²) in [5.74, 6) is 0.312. The van der Waals surface area contributed by atoms with Crippen LogP contribution in [0.25, 0.3) is 28.4 Å². The molecule has 3 aromatic rings. The Morgan fingerprint density at radius 3 is 2.52 bits per heavy atom. The van der Waals surface area contributed by atoms with Crippen LogP contribution in [-0.4, -0.2) is 17.1 Å². The van der Waals surface area contributed by atoms with Gasteiger partial charge in [-0.15, -0.1) is 0 Å². The van der Waals surface area contributed by atoms with Gasteiger partial charge in [0.1, 0.15) is 0 Å². The van der Waals surface area contributed by atoms with Crippen LogP contribution in [0, 0.1) is 0 Å². The van der Waals surface area contributed by atoms with E-state index in [-0.39, 0.29) is 22.5 Å². The number of nitrogens with one attached hydrogen (secondary N) is 1. The molecule has 0 bridgehead atoms. The minimum atomic E-state index is -4.53. The molecule has 0 atom stereocenters. The number of benzene rings is 2. The van der Waals surface area contributed by atoms with E-state index in [1.165, 1.54) is 19.2 Å². The highest BCUT2D eigenvalue weighted by molar-refractivity contribution is 5.93. The van der Waals surface area contributed by atoms with Crippen molar-refractivity contribution in [1.82, 2.24) is 9.97 Å². The van der Waals surface area contributed by atoms with E-state index in [0.717, 1.165) is 11.6 Å². The van der Waals surface area contributed by atoms with Crippen molar-refractivity contribution in [3.8, 4) is 11.4 Å². The molecule has 25 heavy (non-hydrogen) atoms. The van der Waals surface area contributed by atoms with Crippen LogP contribution in [0.1, 0.15) is 11.1 Å². The number of alkyl halides is 3. The summed E-state index contributed by atoms with van der Waals surface area (Å²) in [5, 5.41) is 0.219. The maximum atomic E-state index is 13.4. The molecule has 128 valence electrons. The number of hydrogen-bond donors (Lipinski definition) is 1. The predicted octanol–water partition coefficient (Wildman–Crippen LogP) is 4.93. The van der Waals surface area contributed by atoms with Gasteiger partial charge < -0.3 is 0 Å². The van der Waals surface area contributed by atoms with Gasteiger partial charge in [-0.3, -0.25) is 4.84 Å². The van der Waals surface area contributed by atoms with Gasteiger partial charge in [-0.2, -0.15) is 13.2 Å². The number of rotatable bonds is 4. The molecular weight excluding hydrogens is 331 g/mol. The molecule has 0 amide bonds. The normalized spacial score (nSPS) is 11.5. The Kier molecular flexibility index (Phi) is 4.41. The Labute approximate surface area is 141 Å². The average Bonchev–Trinajstić information content (AvgIpc) is 2.60. The van der Waals surface area contributed by atoms with Gasteiger partial charge in [-0.25, -0.2) is 15.4 Å². The van der Waals surface area contributed by atoms with Crippen molar-refractivity contribution < 1.29 is 18.0 Å². The van der Waals surface area contributed by atoms with Crippen LogP contribution in [0.4, 0.5) is 19.0 Å². The van der Waals surface area contributed by atoms with Gasteiger partial charge in [0.15, 0.2) is 11.6 Å². The van der Waals surface area contributed by atoms with Gasteiger partial charge in [0.05, 0.1) is 18.2 Å². The Hall–Kier alpha value is -2.93. The lowest BCUT2D eigenvalue weighted by molar-refractivity contribution is -0.136. The van der Waals surface area contributed by atoms with Gasteiger partial charge >= 0.3 is 6.18 Å². The van der Waals surface area contributed by atoms with Crippen LogP contribution in [0.15, 0.2) is 49.0 Å². The molecule has 0 unspecified atom stereocenters. The molecule has 1 aromatic heterocycles. The molecule has 7 heteroatoms. The van der Waals surface area contributed by atoms with Crippen LogP contribution in [0.3, 0.4) is 0 Å². The monoisotopic (exact) mass is 345 g/mol. The molecule has 3 rings (SSSR count). The zero-order valence-corrected chi connectivity index (χ0v) is 13.3. The standard InChI is InChI=1S/C18H14F3N3O/c1-3-11-7-4-5-8-12(11)16-22-15-13(17(23-16)24-25-2)9-6-10-14(15)18(19,20)21/h3-10H,1H2,2H3,(H,22,23,24). The summed E-state index contributed by atoms with van der Waals surface area (Å²) in [7, 11) is 1.36. The topological polar surface area (TPSA) is 47.0 Å². The maximum Gasteiger partial charge on any atom is 0.418 e. The van der Waals surface area contributed by atoms with Gasteiger partial charge in [0.25, 0.3) is 0 Å². The lowest BCUT2D eigenvalue weighted by Crippen LogP contribution is -2.09. The van der Waals surface area contributed by atoms with E-state index in [9.17, 15) is 13.2 Å². The molecule has 0 aliphatic carbocycles. The third kappa shape index (κ3) is 3.18. The highest BCUT2D eigenvalue weighted by atomic mass is 19.4. The maximum absolute atomic E-state index is 13.4. The van der Waals surface area contributed by atoms with Crippen molar-refractivity contribution in [1.29, 1.82) is 0 Å². The Bertz CT molecular complexity index is 938. The van der Waals surface area contributed by atoms with Crippen molar-refractivity contribution in [2.24, 2.45) is 0 Å². The largest absolute Gasteiger partial charge is 0.418 e. The van der Waals surface area contributed by atoms with Crippen LogP contribution in [-0.2, 0) is 11.0 Å². The zero-order valence-electron chi connectivity index (χ0n) is 13.3. The Morgan fingerprint density at radius 1 is 1.08 bits per heavy atom. The fourth-order valence-corrected chi connectivity index (χ4v) is 2.55. The molecule has 2 aromatic carbocycles. The van der Waals surface area contributed by atoms with Crippen molar-refractivity contribution >= 4 is 22.8 Å². The van der Waals surface area contributed by atoms with Crippen molar-refractivity contribution in [3.05, 3.63) is 60.2 Å². The molecule has 0 saturated carbocycles. The van der Waals surface area contributed by atoms with E-state index >= 15 is 0 Å². The number of aromatic nitrogens is 2. The van der Waals surface area contributed by atoms with E-state index in [0.29, 0.717) is 5.56 Å². The minimum Gasteiger partial charge on any atom is -0.278 e.